The van der Waals surface area contributed by atoms with Gasteiger partial charge in [-0.25, -0.2) is 0 Å². The highest BCUT2D eigenvalue weighted by Gasteiger charge is 2.14. The second-order valence-corrected chi connectivity index (χ2v) is 5.31. The zero-order valence-corrected chi connectivity index (χ0v) is 11.3. The lowest BCUT2D eigenvalue weighted by Gasteiger charge is -2.22. The Morgan fingerprint density at radius 3 is 3.05 bits per heavy atom. The summed E-state index contributed by atoms with van der Waals surface area (Å²) in [6.45, 7) is 2.32. The van der Waals surface area contributed by atoms with Crippen molar-refractivity contribution in [3.05, 3.63) is 36.2 Å². The molecule has 100 valence electrons. The van der Waals surface area contributed by atoms with E-state index < -0.39 is 0 Å². The van der Waals surface area contributed by atoms with Crippen molar-refractivity contribution in [3.8, 4) is 11.4 Å². The highest BCUT2D eigenvalue weighted by atomic mass is 15.3. The van der Waals surface area contributed by atoms with E-state index in [9.17, 15) is 0 Å². The van der Waals surface area contributed by atoms with Crippen LogP contribution < -0.4 is 5.32 Å². The number of rotatable bonds is 3. The van der Waals surface area contributed by atoms with Crippen LogP contribution in [0.1, 0.15) is 18.4 Å². The van der Waals surface area contributed by atoms with Crippen LogP contribution >= 0.6 is 0 Å². The first-order chi connectivity index (χ1) is 9.33. The van der Waals surface area contributed by atoms with E-state index in [1.54, 1.807) is 0 Å². The number of hydrogen-bond acceptors (Lipinski definition) is 3. The largest absolute Gasteiger partial charge is 0.316 e. The van der Waals surface area contributed by atoms with E-state index in [0.717, 1.165) is 30.3 Å². The first kappa shape index (κ1) is 12.4. The average molecular weight is 256 g/mol. The van der Waals surface area contributed by atoms with Crippen molar-refractivity contribution in [2.45, 2.75) is 19.3 Å². The van der Waals surface area contributed by atoms with E-state index in [-0.39, 0.29) is 0 Å². The van der Waals surface area contributed by atoms with Gasteiger partial charge in [-0.1, -0.05) is 0 Å². The van der Waals surface area contributed by atoms with Gasteiger partial charge in [0.25, 0.3) is 0 Å². The van der Waals surface area contributed by atoms with Gasteiger partial charge in [0.05, 0.1) is 11.4 Å². The maximum Gasteiger partial charge on any atom is 0.0885 e. The summed E-state index contributed by atoms with van der Waals surface area (Å²) in [7, 11) is 1.95. The van der Waals surface area contributed by atoms with Crippen molar-refractivity contribution in [3.63, 3.8) is 0 Å². The van der Waals surface area contributed by atoms with Crippen LogP contribution in [-0.4, -0.2) is 27.9 Å². The molecule has 19 heavy (non-hydrogen) atoms. The lowest BCUT2D eigenvalue weighted by molar-refractivity contribution is 0.376. The molecule has 4 nitrogen and oxygen atoms in total. The summed E-state index contributed by atoms with van der Waals surface area (Å²) >= 11 is 0. The number of aromatic nitrogens is 3. The zero-order chi connectivity index (χ0) is 13.1. The number of nitrogens with one attached hydrogen (secondary N) is 1. The molecule has 0 spiro atoms. The standard InChI is InChI=1S/C15H20N4/c1-19-15(5-8-18-19)14-10-12(4-7-17-14)9-13-3-2-6-16-11-13/h4-5,7-8,10,13,16H,2-3,6,9,11H2,1H3/t13-/m0/s1. The molecule has 3 heterocycles. The molecule has 0 amide bonds. The van der Waals surface area contributed by atoms with E-state index in [1.165, 1.54) is 24.9 Å². The van der Waals surface area contributed by atoms with Crippen LogP contribution in [0.4, 0.5) is 0 Å². The van der Waals surface area contributed by atoms with Crippen LogP contribution in [0.15, 0.2) is 30.6 Å². The molecule has 3 rings (SSSR count). The highest BCUT2D eigenvalue weighted by molar-refractivity contribution is 5.54. The van der Waals surface area contributed by atoms with Gasteiger partial charge < -0.3 is 5.32 Å². The quantitative estimate of drug-likeness (QED) is 0.913. The van der Waals surface area contributed by atoms with Crippen LogP contribution in [0.3, 0.4) is 0 Å². The molecule has 1 atom stereocenters. The van der Waals surface area contributed by atoms with Gasteiger partial charge in [0.2, 0.25) is 0 Å². The Kier molecular flexibility index (Phi) is 3.60. The number of nitrogens with zero attached hydrogens (tertiary/aromatic N) is 3. The van der Waals surface area contributed by atoms with Crippen molar-refractivity contribution in [1.29, 1.82) is 0 Å². The van der Waals surface area contributed by atoms with E-state index >= 15 is 0 Å². The van der Waals surface area contributed by atoms with Crippen LogP contribution in [0.2, 0.25) is 0 Å². The van der Waals surface area contributed by atoms with Gasteiger partial charge in [-0.05, 0) is 62.0 Å². The molecular weight excluding hydrogens is 236 g/mol. The van der Waals surface area contributed by atoms with Crippen molar-refractivity contribution < 1.29 is 0 Å². The van der Waals surface area contributed by atoms with E-state index in [0.29, 0.717) is 0 Å². The predicted molar refractivity (Wildman–Crippen MR) is 75.7 cm³/mol. The average Bonchev–Trinajstić information content (AvgIpc) is 2.86. The van der Waals surface area contributed by atoms with Gasteiger partial charge in [0.1, 0.15) is 0 Å². The molecule has 0 unspecified atom stereocenters. The Morgan fingerprint density at radius 2 is 2.32 bits per heavy atom. The lowest BCUT2D eigenvalue weighted by atomic mass is 9.92. The van der Waals surface area contributed by atoms with Crippen molar-refractivity contribution in [1.82, 2.24) is 20.1 Å². The Labute approximate surface area is 113 Å². The third-order valence-electron chi connectivity index (χ3n) is 3.83. The number of hydrogen-bond donors (Lipinski definition) is 1. The van der Waals surface area contributed by atoms with E-state index in [2.05, 4.69) is 27.5 Å². The molecule has 0 bridgehead atoms. The van der Waals surface area contributed by atoms with Gasteiger partial charge in [-0.2, -0.15) is 5.10 Å². The number of piperidine rings is 1. The van der Waals surface area contributed by atoms with Crippen LogP contribution in [-0.2, 0) is 13.5 Å². The Hall–Kier alpha value is -1.68. The number of aryl methyl sites for hydroxylation is 1. The molecule has 0 aliphatic carbocycles. The molecule has 4 heteroatoms. The summed E-state index contributed by atoms with van der Waals surface area (Å²) in [4.78, 5) is 4.46. The molecule has 1 fully saturated rings. The fraction of sp³-hybridized carbons (Fsp3) is 0.467. The van der Waals surface area contributed by atoms with Gasteiger partial charge in [0.15, 0.2) is 0 Å². The predicted octanol–water partition coefficient (Wildman–Crippen LogP) is 2.02. The Morgan fingerprint density at radius 1 is 1.37 bits per heavy atom. The fourth-order valence-electron chi connectivity index (χ4n) is 2.80. The zero-order valence-electron chi connectivity index (χ0n) is 11.3. The topological polar surface area (TPSA) is 42.7 Å². The second-order valence-electron chi connectivity index (χ2n) is 5.31. The minimum absolute atomic E-state index is 0.760. The molecule has 1 saturated heterocycles. The van der Waals surface area contributed by atoms with Crippen molar-refractivity contribution in [2.24, 2.45) is 13.0 Å². The molecule has 0 radical (unpaired) electrons. The third-order valence-corrected chi connectivity index (χ3v) is 3.83. The van der Waals surface area contributed by atoms with E-state index in [1.807, 2.05) is 30.2 Å². The van der Waals surface area contributed by atoms with E-state index in [4.69, 9.17) is 0 Å². The third kappa shape index (κ3) is 2.84. The summed E-state index contributed by atoms with van der Waals surface area (Å²) in [6.07, 6.45) is 7.49. The maximum atomic E-state index is 4.46. The first-order valence-electron chi connectivity index (χ1n) is 6.97. The molecule has 1 aliphatic rings. The summed E-state index contributed by atoms with van der Waals surface area (Å²) in [5.74, 6) is 0.760. The molecule has 2 aromatic rings. The summed E-state index contributed by atoms with van der Waals surface area (Å²) in [5, 5.41) is 7.68. The minimum Gasteiger partial charge on any atom is -0.316 e. The van der Waals surface area contributed by atoms with Crippen molar-refractivity contribution in [2.75, 3.05) is 13.1 Å². The molecule has 0 aromatic carbocycles. The molecule has 1 N–H and O–H groups in total. The van der Waals surface area contributed by atoms with Crippen molar-refractivity contribution >= 4 is 0 Å². The van der Waals surface area contributed by atoms with Gasteiger partial charge >= 0.3 is 0 Å². The first-order valence-corrected chi connectivity index (χ1v) is 6.97. The normalized spacial score (nSPS) is 19.5. The summed E-state index contributed by atoms with van der Waals surface area (Å²) < 4.78 is 1.87. The van der Waals surface area contributed by atoms with Crippen LogP contribution in [0.5, 0.6) is 0 Å². The van der Waals surface area contributed by atoms with Crippen LogP contribution in [0, 0.1) is 5.92 Å². The SMILES string of the molecule is Cn1nccc1-c1cc(C[C@@H]2CCCNC2)ccn1. The Balaban J connectivity index is 1.78. The monoisotopic (exact) mass is 256 g/mol. The summed E-state index contributed by atoms with van der Waals surface area (Å²) in [6, 6.07) is 6.34. The fourth-order valence-corrected chi connectivity index (χ4v) is 2.80. The smallest absolute Gasteiger partial charge is 0.0885 e. The minimum atomic E-state index is 0.760. The molecular formula is C15H20N4. The van der Waals surface area contributed by atoms with Crippen LogP contribution in [0.25, 0.3) is 11.4 Å². The molecule has 1 aliphatic heterocycles. The van der Waals surface area contributed by atoms with Gasteiger partial charge in [0, 0.05) is 19.4 Å². The summed E-state index contributed by atoms with van der Waals surface area (Å²) in [5.41, 5.74) is 3.46. The van der Waals surface area contributed by atoms with Gasteiger partial charge in [-0.3, -0.25) is 9.67 Å². The second kappa shape index (κ2) is 5.53. The molecule has 2 aromatic heterocycles. The highest BCUT2D eigenvalue weighted by Crippen LogP contribution is 2.20. The maximum absolute atomic E-state index is 4.46. The molecule has 0 saturated carbocycles. The van der Waals surface area contributed by atoms with Gasteiger partial charge in [-0.15, -0.1) is 0 Å². The lowest BCUT2D eigenvalue weighted by Crippen LogP contribution is -2.30. The Bertz CT molecular complexity index is 541. The number of pyridine rings is 1.